The lowest BCUT2D eigenvalue weighted by Gasteiger charge is -2.30. The van der Waals surface area contributed by atoms with E-state index in [1.165, 1.54) is 10.6 Å². The van der Waals surface area contributed by atoms with Crippen molar-refractivity contribution in [1.82, 2.24) is 14.3 Å². The summed E-state index contributed by atoms with van der Waals surface area (Å²) in [6.45, 7) is 1.10. The summed E-state index contributed by atoms with van der Waals surface area (Å²) in [6, 6.07) is 9.89. The first-order valence-corrected chi connectivity index (χ1v) is 9.21. The second-order valence-electron chi connectivity index (χ2n) is 5.65. The molecule has 116 valence electrons. The van der Waals surface area contributed by atoms with Gasteiger partial charge in [0.15, 0.2) is 0 Å². The van der Waals surface area contributed by atoms with Crippen LogP contribution in [0.4, 0.5) is 0 Å². The monoisotopic (exact) mass is 317 g/mol. The maximum absolute atomic E-state index is 11.7. The lowest BCUT2D eigenvalue weighted by Crippen LogP contribution is -2.38. The molecule has 1 aliphatic heterocycles. The van der Waals surface area contributed by atoms with Crippen molar-refractivity contribution < 1.29 is 8.42 Å². The van der Waals surface area contributed by atoms with Crippen molar-refractivity contribution in [1.29, 1.82) is 0 Å². The van der Waals surface area contributed by atoms with Crippen LogP contribution in [0.25, 0.3) is 11.3 Å². The summed E-state index contributed by atoms with van der Waals surface area (Å²) < 4.78 is 24.9. The first-order chi connectivity index (χ1) is 10.5. The van der Waals surface area contributed by atoms with Gasteiger partial charge >= 0.3 is 0 Å². The van der Waals surface area contributed by atoms with Crippen LogP contribution in [-0.4, -0.2) is 42.0 Å². The van der Waals surface area contributed by atoms with Gasteiger partial charge in [-0.2, -0.15) is 0 Å². The van der Waals surface area contributed by atoms with E-state index >= 15 is 0 Å². The van der Waals surface area contributed by atoms with E-state index in [9.17, 15) is 8.42 Å². The summed E-state index contributed by atoms with van der Waals surface area (Å²) in [7, 11) is -3.13. The molecule has 1 aliphatic rings. The number of rotatable bonds is 3. The van der Waals surface area contributed by atoms with Gasteiger partial charge in [0.1, 0.15) is 0 Å². The number of hydrogen-bond donors (Lipinski definition) is 0. The van der Waals surface area contributed by atoms with Gasteiger partial charge in [0, 0.05) is 30.8 Å². The van der Waals surface area contributed by atoms with Gasteiger partial charge in [0.05, 0.1) is 23.8 Å². The van der Waals surface area contributed by atoms with Crippen LogP contribution in [0.15, 0.2) is 42.7 Å². The van der Waals surface area contributed by atoms with Crippen LogP contribution in [0.3, 0.4) is 0 Å². The fourth-order valence-electron chi connectivity index (χ4n) is 2.79. The summed E-state index contributed by atoms with van der Waals surface area (Å²) in [5.74, 6) is 0.126. The van der Waals surface area contributed by atoms with E-state index in [1.807, 2.05) is 30.3 Å². The number of sulfonamides is 1. The zero-order chi connectivity index (χ0) is 15.6. The predicted octanol–water partition coefficient (Wildman–Crippen LogP) is 2.28. The standard InChI is InChI=1S/C16H19N3O2S/c1-22(20,21)19-9-5-8-14(12-19)16-11-17-15(10-18-16)13-6-3-2-4-7-13/h2-4,6-7,10-11,14H,5,8-9,12H2,1H3/t14-/m0/s1. The molecule has 22 heavy (non-hydrogen) atoms. The van der Waals surface area contributed by atoms with Gasteiger partial charge in [-0.3, -0.25) is 9.97 Å². The molecule has 2 aromatic rings. The highest BCUT2D eigenvalue weighted by atomic mass is 32.2. The van der Waals surface area contributed by atoms with Crippen LogP contribution in [0.5, 0.6) is 0 Å². The van der Waals surface area contributed by atoms with Crippen LogP contribution < -0.4 is 0 Å². The van der Waals surface area contributed by atoms with Crippen molar-refractivity contribution in [2.45, 2.75) is 18.8 Å². The molecule has 0 spiro atoms. The van der Waals surface area contributed by atoms with E-state index in [4.69, 9.17) is 0 Å². The van der Waals surface area contributed by atoms with E-state index in [-0.39, 0.29) is 5.92 Å². The lowest BCUT2D eigenvalue weighted by molar-refractivity contribution is 0.314. The number of hydrogen-bond acceptors (Lipinski definition) is 4. The zero-order valence-electron chi connectivity index (χ0n) is 12.5. The third-order valence-corrected chi connectivity index (χ3v) is 5.28. The quantitative estimate of drug-likeness (QED) is 0.871. The molecule has 5 nitrogen and oxygen atoms in total. The Balaban J connectivity index is 1.78. The molecular weight excluding hydrogens is 298 g/mol. The molecule has 1 aromatic heterocycles. The molecule has 6 heteroatoms. The Morgan fingerprint density at radius 1 is 1.14 bits per heavy atom. The van der Waals surface area contributed by atoms with Crippen molar-refractivity contribution >= 4 is 10.0 Å². The van der Waals surface area contributed by atoms with Gasteiger partial charge in [0.25, 0.3) is 0 Å². The molecular formula is C16H19N3O2S. The molecule has 3 rings (SSSR count). The minimum atomic E-state index is -3.13. The smallest absolute Gasteiger partial charge is 0.211 e. The molecule has 0 aliphatic carbocycles. The van der Waals surface area contributed by atoms with Crippen molar-refractivity contribution in [2.75, 3.05) is 19.3 Å². The van der Waals surface area contributed by atoms with Crippen LogP contribution in [0.2, 0.25) is 0 Å². The summed E-state index contributed by atoms with van der Waals surface area (Å²) in [6.07, 6.45) is 6.62. The number of aromatic nitrogens is 2. The summed E-state index contributed by atoms with van der Waals surface area (Å²) >= 11 is 0. The largest absolute Gasteiger partial charge is 0.257 e. The maximum Gasteiger partial charge on any atom is 0.211 e. The van der Waals surface area contributed by atoms with Gasteiger partial charge in [-0.1, -0.05) is 30.3 Å². The second kappa shape index (κ2) is 6.14. The normalized spacial score (nSPS) is 20.0. The average Bonchev–Trinajstić information content (AvgIpc) is 2.55. The Labute approximate surface area is 131 Å². The molecule has 0 N–H and O–H groups in total. The Bertz CT molecular complexity index is 730. The topological polar surface area (TPSA) is 63.2 Å². The van der Waals surface area contributed by atoms with E-state index in [1.54, 1.807) is 12.4 Å². The molecule has 0 bridgehead atoms. The van der Waals surface area contributed by atoms with E-state index in [2.05, 4.69) is 9.97 Å². The minimum Gasteiger partial charge on any atom is -0.257 e. The highest BCUT2D eigenvalue weighted by Crippen LogP contribution is 2.27. The molecule has 1 atom stereocenters. The third-order valence-electron chi connectivity index (χ3n) is 4.01. The summed E-state index contributed by atoms with van der Waals surface area (Å²) in [5, 5.41) is 0. The molecule has 0 radical (unpaired) electrons. The third kappa shape index (κ3) is 3.34. The summed E-state index contributed by atoms with van der Waals surface area (Å²) in [5.41, 5.74) is 2.73. The van der Waals surface area contributed by atoms with Gasteiger partial charge in [-0.25, -0.2) is 12.7 Å². The molecule has 1 saturated heterocycles. The van der Waals surface area contributed by atoms with Crippen LogP contribution in [0.1, 0.15) is 24.5 Å². The SMILES string of the molecule is CS(=O)(=O)N1CCC[C@H](c2cnc(-c3ccccc3)cn2)C1. The van der Waals surface area contributed by atoms with Gasteiger partial charge in [-0.15, -0.1) is 0 Å². The molecule has 1 aromatic carbocycles. The van der Waals surface area contributed by atoms with Crippen molar-refractivity contribution in [3.63, 3.8) is 0 Å². The Morgan fingerprint density at radius 2 is 1.91 bits per heavy atom. The van der Waals surface area contributed by atoms with Gasteiger partial charge < -0.3 is 0 Å². The minimum absolute atomic E-state index is 0.126. The maximum atomic E-state index is 11.7. The van der Waals surface area contributed by atoms with Crippen LogP contribution >= 0.6 is 0 Å². The lowest BCUT2D eigenvalue weighted by atomic mass is 9.96. The van der Waals surface area contributed by atoms with Crippen molar-refractivity contribution in [3.8, 4) is 11.3 Å². The fourth-order valence-corrected chi connectivity index (χ4v) is 3.70. The second-order valence-corrected chi connectivity index (χ2v) is 7.64. The molecule has 1 fully saturated rings. The van der Waals surface area contributed by atoms with E-state index in [0.717, 1.165) is 29.8 Å². The van der Waals surface area contributed by atoms with Crippen LogP contribution in [-0.2, 0) is 10.0 Å². The number of piperidine rings is 1. The van der Waals surface area contributed by atoms with Gasteiger partial charge in [-0.05, 0) is 12.8 Å². The number of nitrogens with zero attached hydrogens (tertiary/aromatic N) is 3. The Kier molecular flexibility index (Phi) is 4.22. The zero-order valence-corrected chi connectivity index (χ0v) is 13.3. The summed E-state index contributed by atoms with van der Waals surface area (Å²) in [4.78, 5) is 8.99. The first kappa shape index (κ1) is 15.1. The Morgan fingerprint density at radius 3 is 2.55 bits per heavy atom. The van der Waals surface area contributed by atoms with E-state index in [0.29, 0.717) is 13.1 Å². The number of benzene rings is 1. The first-order valence-electron chi connectivity index (χ1n) is 7.36. The Hall–Kier alpha value is -1.79. The fraction of sp³-hybridized carbons (Fsp3) is 0.375. The van der Waals surface area contributed by atoms with Crippen molar-refractivity contribution in [3.05, 3.63) is 48.4 Å². The molecule has 0 unspecified atom stereocenters. The van der Waals surface area contributed by atoms with Crippen molar-refractivity contribution in [2.24, 2.45) is 0 Å². The van der Waals surface area contributed by atoms with Gasteiger partial charge in [0.2, 0.25) is 10.0 Å². The molecule has 0 saturated carbocycles. The average molecular weight is 317 g/mol. The molecule has 0 amide bonds. The highest BCUT2D eigenvalue weighted by molar-refractivity contribution is 7.88. The predicted molar refractivity (Wildman–Crippen MR) is 85.9 cm³/mol. The highest BCUT2D eigenvalue weighted by Gasteiger charge is 2.27. The molecule has 2 heterocycles. The van der Waals surface area contributed by atoms with Crippen LogP contribution in [0, 0.1) is 0 Å². The van der Waals surface area contributed by atoms with E-state index < -0.39 is 10.0 Å².